The van der Waals surface area contributed by atoms with Crippen LogP contribution in [0.2, 0.25) is 5.02 Å². The summed E-state index contributed by atoms with van der Waals surface area (Å²) in [5, 5.41) is 9.82. The lowest BCUT2D eigenvalue weighted by atomic mass is 10.0. The lowest BCUT2D eigenvalue weighted by Gasteiger charge is -2.12. The number of nitrogen functional groups attached to an aromatic ring is 1. The van der Waals surface area contributed by atoms with Gasteiger partial charge in [-0.15, -0.1) is 0 Å². The van der Waals surface area contributed by atoms with Gasteiger partial charge in [-0.05, 0) is 62.4 Å². The Kier molecular flexibility index (Phi) is 3.75. The van der Waals surface area contributed by atoms with Crippen LogP contribution in [0.5, 0.6) is 0 Å². The molecule has 2 aromatic heterocycles. The zero-order valence-electron chi connectivity index (χ0n) is 16.3. The fourth-order valence-corrected chi connectivity index (χ4v) is 5.31. The van der Waals surface area contributed by atoms with Crippen LogP contribution in [0.25, 0.3) is 22.2 Å². The highest BCUT2D eigenvalue weighted by Crippen LogP contribution is 2.57. The lowest BCUT2D eigenvalue weighted by Crippen LogP contribution is -2.14. The number of piperidine rings is 1. The molecule has 0 spiro atoms. The van der Waals surface area contributed by atoms with Gasteiger partial charge in [-0.2, -0.15) is 5.10 Å². The molecule has 1 saturated heterocycles. The fourth-order valence-electron chi connectivity index (χ4n) is 5.10. The van der Waals surface area contributed by atoms with Gasteiger partial charge in [0, 0.05) is 22.6 Å². The fraction of sp³-hybridized carbons (Fsp3) is 0.455. The van der Waals surface area contributed by atoms with Crippen molar-refractivity contribution in [3.05, 3.63) is 40.4 Å². The Morgan fingerprint density at radius 3 is 2.72 bits per heavy atom. The van der Waals surface area contributed by atoms with E-state index in [2.05, 4.69) is 12.2 Å². The molecule has 2 aliphatic carbocycles. The van der Waals surface area contributed by atoms with Crippen LogP contribution in [0.15, 0.2) is 18.2 Å². The number of fused-ring (bicyclic) bond motifs is 2. The van der Waals surface area contributed by atoms with Gasteiger partial charge < -0.3 is 11.1 Å². The molecule has 3 N–H and O–H groups in total. The van der Waals surface area contributed by atoms with E-state index in [4.69, 9.17) is 27.4 Å². The van der Waals surface area contributed by atoms with Crippen molar-refractivity contribution in [2.75, 3.05) is 18.8 Å². The van der Waals surface area contributed by atoms with Crippen molar-refractivity contribution in [2.45, 2.75) is 38.1 Å². The minimum absolute atomic E-state index is 0.276. The highest BCUT2D eigenvalue weighted by atomic mass is 35.5. The monoisotopic (exact) mass is 411 g/mol. The smallest absolute Gasteiger partial charge is 0.175 e. The number of rotatable bonds is 4. The summed E-state index contributed by atoms with van der Waals surface area (Å²) in [5.74, 6) is 1.33. The van der Waals surface area contributed by atoms with Gasteiger partial charge in [0.15, 0.2) is 5.82 Å². The predicted octanol–water partition coefficient (Wildman–Crippen LogP) is 4.30. The summed E-state index contributed by atoms with van der Waals surface area (Å²) in [6.07, 6.45) is 2.81. The van der Waals surface area contributed by atoms with E-state index in [1.807, 2.05) is 4.68 Å². The molecule has 2 saturated carbocycles. The summed E-state index contributed by atoms with van der Waals surface area (Å²) in [4.78, 5) is 4.76. The third kappa shape index (κ3) is 2.55. The number of benzene rings is 1. The normalized spacial score (nSPS) is 25.6. The molecular weight excluding hydrogens is 389 g/mol. The van der Waals surface area contributed by atoms with Gasteiger partial charge in [-0.1, -0.05) is 18.5 Å². The van der Waals surface area contributed by atoms with Crippen molar-refractivity contribution >= 4 is 28.2 Å². The van der Waals surface area contributed by atoms with Crippen LogP contribution in [-0.2, 0) is 6.42 Å². The van der Waals surface area contributed by atoms with Crippen LogP contribution in [0.3, 0.4) is 0 Å². The molecule has 3 aromatic rings. The molecule has 6 rings (SSSR count). The number of nitrogens with zero attached hydrogens (tertiary/aromatic N) is 3. The zero-order chi connectivity index (χ0) is 19.9. The van der Waals surface area contributed by atoms with Crippen LogP contribution in [-0.4, -0.2) is 27.9 Å². The first kappa shape index (κ1) is 17.7. The number of halogens is 2. The summed E-state index contributed by atoms with van der Waals surface area (Å²) < 4.78 is 17.9. The Bertz CT molecular complexity index is 1140. The number of hydrogen-bond donors (Lipinski definition) is 2. The molecule has 7 heteroatoms. The molecule has 0 radical (unpaired) electrons. The van der Waals surface area contributed by atoms with Gasteiger partial charge in [0.05, 0.1) is 22.5 Å². The van der Waals surface area contributed by atoms with Gasteiger partial charge in [0.1, 0.15) is 11.2 Å². The third-order valence-corrected chi connectivity index (χ3v) is 7.10. The Morgan fingerprint density at radius 1 is 1.28 bits per heavy atom. The largest absolute Gasteiger partial charge is 0.399 e. The molecule has 5 nitrogen and oxygen atoms in total. The molecule has 150 valence electrons. The van der Waals surface area contributed by atoms with Crippen molar-refractivity contribution < 1.29 is 4.39 Å². The molecule has 29 heavy (non-hydrogen) atoms. The van der Waals surface area contributed by atoms with Gasteiger partial charge >= 0.3 is 0 Å². The SMILES string of the molecule is CCc1nc(-c2cc(N)ccc2Cl)c(F)c2c1c(C1[C@H]3CNC[C@@H]13)nn2C1CC1. The van der Waals surface area contributed by atoms with Gasteiger partial charge in [0.25, 0.3) is 0 Å². The number of hydrogen-bond acceptors (Lipinski definition) is 4. The van der Waals surface area contributed by atoms with E-state index in [-0.39, 0.29) is 17.6 Å². The predicted molar refractivity (Wildman–Crippen MR) is 113 cm³/mol. The summed E-state index contributed by atoms with van der Waals surface area (Å²) in [5.41, 5.74) is 9.86. The summed E-state index contributed by atoms with van der Waals surface area (Å²) in [7, 11) is 0. The maximum absolute atomic E-state index is 16.0. The Labute approximate surface area is 173 Å². The van der Waals surface area contributed by atoms with Crippen LogP contribution < -0.4 is 11.1 Å². The second-order valence-electron chi connectivity index (χ2n) is 8.61. The van der Waals surface area contributed by atoms with Gasteiger partial charge in [0.2, 0.25) is 0 Å². The van der Waals surface area contributed by atoms with Gasteiger partial charge in [-0.25, -0.2) is 9.37 Å². The highest BCUT2D eigenvalue weighted by Gasteiger charge is 2.56. The van der Waals surface area contributed by atoms with Crippen molar-refractivity contribution in [2.24, 2.45) is 11.8 Å². The first-order valence-corrected chi connectivity index (χ1v) is 10.8. The molecular formula is C22H23ClFN5. The van der Waals surface area contributed by atoms with Crippen LogP contribution >= 0.6 is 11.6 Å². The van der Waals surface area contributed by atoms with Crippen molar-refractivity contribution in [1.82, 2.24) is 20.1 Å². The van der Waals surface area contributed by atoms with Crippen LogP contribution in [0.4, 0.5) is 10.1 Å². The van der Waals surface area contributed by atoms with Crippen molar-refractivity contribution in [3.8, 4) is 11.3 Å². The van der Waals surface area contributed by atoms with E-state index < -0.39 is 0 Å². The zero-order valence-corrected chi connectivity index (χ0v) is 17.0. The average Bonchev–Trinajstić information content (AvgIpc) is 3.59. The topological polar surface area (TPSA) is 68.8 Å². The lowest BCUT2D eigenvalue weighted by molar-refractivity contribution is 0.593. The number of pyridine rings is 1. The van der Waals surface area contributed by atoms with Crippen molar-refractivity contribution in [1.29, 1.82) is 0 Å². The number of aryl methyl sites for hydroxylation is 1. The first-order valence-electron chi connectivity index (χ1n) is 10.4. The number of nitrogens with one attached hydrogen (secondary N) is 1. The maximum Gasteiger partial charge on any atom is 0.175 e. The molecule has 3 fully saturated rings. The van der Waals surface area contributed by atoms with E-state index in [0.29, 0.717) is 46.0 Å². The summed E-state index contributed by atoms with van der Waals surface area (Å²) in [6, 6.07) is 5.41. The number of aromatic nitrogens is 3. The van der Waals surface area contributed by atoms with E-state index in [0.717, 1.165) is 42.7 Å². The molecule has 0 bridgehead atoms. The minimum atomic E-state index is -0.334. The quantitative estimate of drug-likeness (QED) is 0.628. The highest BCUT2D eigenvalue weighted by molar-refractivity contribution is 6.33. The van der Waals surface area contributed by atoms with E-state index in [9.17, 15) is 0 Å². The summed E-state index contributed by atoms with van der Waals surface area (Å²) in [6.45, 7) is 4.13. The number of nitrogens with two attached hydrogens (primary N) is 1. The Hall–Kier alpha value is -2.18. The Morgan fingerprint density at radius 2 is 2.03 bits per heavy atom. The van der Waals surface area contributed by atoms with Crippen LogP contribution in [0.1, 0.15) is 43.1 Å². The Balaban J connectivity index is 1.62. The molecule has 1 aromatic carbocycles. The van der Waals surface area contributed by atoms with E-state index >= 15 is 4.39 Å². The molecule has 3 aliphatic rings. The maximum atomic E-state index is 16.0. The van der Waals surface area contributed by atoms with E-state index in [1.165, 1.54) is 0 Å². The number of anilines is 1. The second kappa shape index (κ2) is 6.16. The minimum Gasteiger partial charge on any atom is -0.399 e. The molecule has 1 aliphatic heterocycles. The average molecular weight is 412 g/mol. The van der Waals surface area contributed by atoms with E-state index in [1.54, 1.807) is 18.2 Å². The summed E-state index contributed by atoms with van der Waals surface area (Å²) >= 11 is 6.40. The standard InChI is InChI=1S/C22H23ClFN5/c1-2-16-18-21(17-13-8-26-9-14(13)17)28-29(11-4-5-11)22(18)19(24)20(27-16)12-7-10(25)3-6-15(12)23/h3,6-7,11,13-14,17,26H,2,4-5,8-9,25H2,1H3/t13-,14+,17?. The van der Waals surface area contributed by atoms with Gasteiger partial charge in [-0.3, -0.25) is 4.68 Å². The molecule has 3 heterocycles. The molecule has 3 atom stereocenters. The van der Waals surface area contributed by atoms with Crippen LogP contribution in [0, 0.1) is 17.7 Å². The molecule has 0 amide bonds. The first-order chi connectivity index (χ1) is 14.1. The van der Waals surface area contributed by atoms with Crippen molar-refractivity contribution in [3.63, 3.8) is 0 Å². The third-order valence-electron chi connectivity index (χ3n) is 6.77. The molecule has 1 unspecified atom stereocenters. The second-order valence-corrected chi connectivity index (χ2v) is 9.02.